The smallest absolute Gasteiger partial charge is 0.253 e. The van der Waals surface area contributed by atoms with Crippen LogP contribution in [0, 0.1) is 0 Å². The minimum Gasteiger partial charge on any atom is -0.454 e. The molecule has 1 aliphatic heterocycles. The van der Waals surface area contributed by atoms with E-state index in [1.807, 2.05) is 0 Å². The average molecular weight is 254 g/mol. The molecule has 0 aromatic heterocycles. The molecule has 7 nitrogen and oxygen atoms in total. The highest BCUT2D eigenvalue weighted by Crippen LogP contribution is 2.35. The fourth-order valence-corrected chi connectivity index (χ4v) is 1.57. The standard InChI is InChI=1S/C11H14N2O5/c12-8-2-10-9(17-5-18-10)1-7(8)11(16)13-6(3-14)4-15/h1-2,6,14-15H,3-5,12H2,(H,13,16). The molecule has 5 N–H and O–H groups in total. The van der Waals surface area contributed by atoms with Gasteiger partial charge in [-0.25, -0.2) is 0 Å². The van der Waals surface area contributed by atoms with Gasteiger partial charge in [-0.3, -0.25) is 4.79 Å². The maximum atomic E-state index is 11.9. The molecule has 0 bridgehead atoms. The van der Waals surface area contributed by atoms with E-state index in [9.17, 15) is 4.79 Å². The molecule has 0 atom stereocenters. The monoisotopic (exact) mass is 254 g/mol. The largest absolute Gasteiger partial charge is 0.454 e. The van der Waals surface area contributed by atoms with Gasteiger partial charge < -0.3 is 30.7 Å². The van der Waals surface area contributed by atoms with E-state index in [-0.39, 0.29) is 31.3 Å². The van der Waals surface area contributed by atoms with Crippen molar-refractivity contribution in [2.24, 2.45) is 0 Å². The number of aliphatic hydroxyl groups is 2. The first kappa shape index (κ1) is 12.5. The summed E-state index contributed by atoms with van der Waals surface area (Å²) in [5.41, 5.74) is 6.19. The van der Waals surface area contributed by atoms with E-state index in [0.717, 1.165) is 0 Å². The van der Waals surface area contributed by atoms with Gasteiger partial charge in [0.1, 0.15) is 0 Å². The molecule has 0 unspecified atom stereocenters. The van der Waals surface area contributed by atoms with Gasteiger partial charge in [-0.05, 0) is 6.07 Å². The predicted octanol–water partition coefficient (Wildman–Crippen LogP) is -0.920. The number of hydrogen-bond donors (Lipinski definition) is 4. The molecule has 0 aliphatic carbocycles. The zero-order valence-electron chi connectivity index (χ0n) is 9.55. The van der Waals surface area contributed by atoms with Crippen molar-refractivity contribution in [3.05, 3.63) is 17.7 Å². The summed E-state index contributed by atoms with van der Waals surface area (Å²) in [6, 6.07) is 2.26. The van der Waals surface area contributed by atoms with Gasteiger partial charge in [-0.1, -0.05) is 0 Å². The Morgan fingerprint density at radius 1 is 1.33 bits per heavy atom. The average Bonchev–Trinajstić information content (AvgIpc) is 2.81. The Labute approximate surface area is 103 Å². The molecular formula is C11H14N2O5. The van der Waals surface area contributed by atoms with Crippen molar-refractivity contribution < 1.29 is 24.5 Å². The quantitative estimate of drug-likeness (QED) is 0.517. The van der Waals surface area contributed by atoms with Gasteiger partial charge >= 0.3 is 0 Å². The number of carbonyl (C=O) groups excluding carboxylic acids is 1. The summed E-state index contributed by atoms with van der Waals surface area (Å²) in [4.78, 5) is 11.9. The van der Waals surface area contributed by atoms with E-state index >= 15 is 0 Å². The summed E-state index contributed by atoms with van der Waals surface area (Å²) in [5.74, 6) is 0.447. The van der Waals surface area contributed by atoms with Gasteiger partial charge in [-0.15, -0.1) is 0 Å². The summed E-state index contributed by atoms with van der Waals surface area (Å²) in [6.07, 6.45) is 0. The van der Waals surface area contributed by atoms with Crippen LogP contribution in [0.5, 0.6) is 11.5 Å². The number of benzene rings is 1. The number of aliphatic hydroxyl groups excluding tert-OH is 2. The highest BCUT2D eigenvalue weighted by atomic mass is 16.7. The van der Waals surface area contributed by atoms with Gasteiger partial charge in [0.2, 0.25) is 6.79 Å². The number of carbonyl (C=O) groups is 1. The molecular weight excluding hydrogens is 240 g/mol. The van der Waals surface area contributed by atoms with Crippen LogP contribution in [-0.4, -0.2) is 42.2 Å². The maximum Gasteiger partial charge on any atom is 0.253 e. The topological polar surface area (TPSA) is 114 Å². The minimum absolute atomic E-state index is 0.0930. The van der Waals surface area contributed by atoms with Gasteiger partial charge in [0.15, 0.2) is 11.5 Å². The van der Waals surface area contributed by atoms with Gasteiger partial charge in [0.25, 0.3) is 5.91 Å². The first-order chi connectivity index (χ1) is 8.65. The fourth-order valence-electron chi connectivity index (χ4n) is 1.57. The Balaban J connectivity index is 2.20. The lowest BCUT2D eigenvalue weighted by Crippen LogP contribution is -2.40. The van der Waals surface area contributed by atoms with Crippen LogP contribution in [0.15, 0.2) is 12.1 Å². The molecule has 1 aromatic carbocycles. The number of hydrogen-bond acceptors (Lipinski definition) is 6. The normalized spacial score (nSPS) is 12.8. The molecule has 1 amide bonds. The second kappa shape index (κ2) is 5.11. The summed E-state index contributed by atoms with van der Waals surface area (Å²) in [5, 5.41) is 20.2. The van der Waals surface area contributed by atoms with E-state index in [1.165, 1.54) is 12.1 Å². The number of nitrogens with two attached hydrogens (primary N) is 1. The Morgan fingerprint density at radius 2 is 1.94 bits per heavy atom. The van der Waals surface area contributed by atoms with Crippen LogP contribution in [0.2, 0.25) is 0 Å². The van der Waals surface area contributed by atoms with Crippen LogP contribution >= 0.6 is 0 Å². The third-order valence-electron chi connectivity index (χ3n) is 2.57. The van der Waals surface area contributed by atoms with E-state index in [4.69, 9.17) is 25.4 Å². The van der Waals surface area contributed by atoms with Crippen LogP contribution in [0.1, 0.15) is 10.4 Å². The van der Waals surface area contributed by atoms with E-state index in [2.05, 4.69) is 5.32 Å². The molecule has 0 saturated carbocycles. The molecule has 1 aromatic rings. The van der Waals surface area contributed by atoms with Crippen LogP contribution in [0.3, 0.4) is 0 Å². The molecule has 0 spiro atoms. The number of nitrogen functional groups attached to an aromatic ring is 1. The molecule has 0 radical (unpaired) electrons. The van der Waals surface area contributed by atoms with E-state index in [0.29, 0.717) is 11.5 Å². The van der Waals surface area contributed by atoms with Crippen molar-refractivity contribution in [1.82, 2.24) is 5.32 Å². The van der Waals surface area contributed by atoms with Crippen LogP contribution in [0.25, 0.3) is 0 Å². The number of amides is 1. The van der Waals surface area contributed by atoms with Crippen molar-refractivity contribution >= 4 is 11.6 Å². The van der Waals surface area contributed by atoms with E-state index < -0.39 is 11.9 Å². The third-order valence-corrected chi connectivity index (χ3v) is 2.57. The lowest BCUT2D eigenvalue weighted by Gasteiger charge is -2.14. The molecule has 2 rings (SSSR count). The first-order valence-electron chi connectivity index (χ1n) is 5.37. The fraction of sp³-hybridized carbons (Fsp3) is 0.364. The highest BCUT2D eigenvalue weighted by Gasteiger charge is 2.21. The van der Waals surface area contributed by atoms with Crippen LogP contribution in [-0.2, 0) is 0 Å². The van der Waals surface area contributed by atoms with Gasteiger partial charge in [0, 0.05) is 11.8 Å². The Morgan fingerprint density at radius 3 is 2.56 bits per heavy atom. The van der Waals surface area contributed by atoms with Crippen molar-refractivity contribution in [1.29, 1.82) is 0 Å². The number of fused-ring (bicyclic) bond motifs is 1. The van der Waals surface area contributed by atoms with E-state index in [1.54, 1.807) is 0 Å². The molecule has 0 fully saturated rings. The lowest BCUT2D eigenvalue weighted by molar-refractivity contribution is 0.0880. The molecule has 18 heavy (non-hydrogen) atoms. The second-order valence-electron chi connectivity index (χ2n) is 3.83. The van der Waals surface area contributed by atoms with Crippen molar-refractivity contribution in [3.63, 3.8) is 0 Å². The van der Waals surface area contributed by atoms with Crippen molar-refractivity contribution in [2.45, 2.75) is 6.04 Å². The maximum absolute atomic E-state index is 11.9. The second-order valence-corrected chi connectivity index (χ2v) is 3.83. The summed E-state index contributed by atoms with van der Waals surface area (Å²) >= 11 is 0. The van der Waals surface area contributed by atoms with Gasteiger partial charge in [0.05, 0.1) is 24.8 Å². The predicted molar refractivity (Wildman–Crippen MR) is 62.4 cm³/mol. The Bertz CT molecular complexity index is 459. The minimum atomic E-state index is -0.720. The first-order valence-corrected chi connectivity index (χ1v) is 5.37. The lowest BCUT2D eigenvalue weighted by atomic mass is 10.1. The van der Waals surface area contributed by atoms with Crippen LogP contribution in [0.4, 0.5) is 5.69 Å². The summed E-state index contributed by atoms with van der Waals surface area (Å²) in [7, 11) is 0. The number of rotatable bonds is 4. The van der Waals surface area contributed by atoms with Gasteiger partial charge in [-0.2, -0.15) is 0 Å². The zero-order chi connectivity index (χ0) is 13.1. The summed E-state index contributed by atoms with van der Waals surface area (Å²) in [6.45, 7) is -0.616. The number of nitrogens with one attached hydrogen (secondary N) is 1. The Kier molecular flexibility index (Phi) is 3.54. The number of ether oxygens (including phenoxy) is 2. The number of anilines is 1. The molecule has 1 aliphatic rings. The van der Waals surface area contributed by atoms with Crippen LogP contribution < -0.4 is 20.5 Å². The summed E-state index contributed by atoms with van der Waals surface area (Å²) < 4.78 is 10.3. The third kappa shape index (κ3) is 2.31. The molecule has 7 heteroatoms. The Hall–Kier alpha value is -1.99. The highest BCUT2D eigenvalue weighted by molar-refractivity contribution is 6.00. The molecule has 1 heterocycles. The molecule has 0 saturated heterocycles. The SMILES string of the molecule is Nc1cc2c(cc1C(=O)NC(CO)CO)OCO2. The van der Waals surface area contributed by atoms with Crippen molar-refractivity contribution in [3.8, 4) is 11.5 Å². The molecule has 98 valence electrons. The zero-order valence-corrected chi connectivity index (χ0v) is 9.55. The van der Waals surface area contributed by atoms with Crippen molar-refractivity contribution in [2.75, 3.05) is 25.7 Å².